The Bertz CT molecular complexity index is 995. The number of allylic oxidation sites excluding steroid dienone is 4. The van der Waals surface area contributed by atoms with Crippen LogP contribution in [0, 0.1) is 5.92 Å². The maximum Gasteiger partial charge on any atom is -0.147 e. The molecule has 2 aromatic rings. The fraction of sp³-hybridized carbons (Fsp3) is 0.273. The van der Waals surface area contributed by atoms with Crippen molar-refractivity contribution in [3.05, 3.63) is 75.2 Å². The molecule has 138 valence electrons. The maximum absolute atomic E-state index is 2.94. The predicted molar refractivity (Wildman–Crippen MR) is 120 cm³/mol. The van der Waals surface area contributed by atoms with Gasteiger partial charge in [-0.15, -0.1) is 24.8 Å². The van der Waals surface area contributed by atoms with Crippen LogP contribution in [0.1, 0.15) is 25.0 Å². The summed E-state index contributed by atoms with van der Waals surface area (Å²) in [5, 5.41) is 5.24. The second kappa shape index (κ2) is 7.11. The Morgan fingerprint density at radius 3 is 2.27 bits per heavy atom. The van der Waals surface area contributed by atoms with Gasteiger partial charge in [-0.3, -0.25) is 0 Å². The molecule has 0 nitrogen and oxygen atoms in total. The molecule has 4 heteroatoms. The van der Waals surface area contributed by atoms with Gasteiger partial charge in [0.25, 0.3) is 0 Å². The van der Waals surface area contributed by atoms with Crippen molar-refractivity contribution in [1.29, 1.82) is 0 Å². The third kappa shape index (κ3) is 3.12. The van der Waals surface area contributed by atoms with Crippen LogP contribution < -0.4 is 3.87 Å². The average Bonchev–Trinajstić information content (AvgIpc) is 3.07. The molecule has 0 saturated heterocycles. The molecular weight excluding hydrogens is 411 g/mol. The summed E-state index contributed by atoms with van der Waals surface area (Å²) in [5.41, 5.74) is 7.55. The summed E-state index contributed by atoms with van der Waals surface area (Å²) in [6.07, 6.45) is 5.85. The van der Waals surface area contributed by atoms with E-state index in [0.29, 0.717) is 5.92 Å². The van der Waals surface area contributed by atoms with Gasteiger partial charge < -0.3 is 0 Å². The van der Waals surface area contributed by atoms with E-state index in [0.717, 1.165) is 6.42 Å². The fourth-order valence-electron chi connectivity index (χ4n) is 5.25. The van der Waals surface area contributed by atoms with Gasteiger partial charge in [-0.25, -0.2) is 0 Å². The summed E-state index contributed by atoms with van der Waals surface area (Å²) >= 11 is -2.94. The SMILES string of the molecule is CC1=[C]([Ti]([CH3])([CH3])(=[SiH2])[c]2cccc3c2Cc2ccccc2-3)C(C)C=C1.Cl.Cl. The van der Waals surface area contributed by atoms with E-state index in [2.05, 4.69) is 86.6 Å². The quantitative estimate of drug-likeness (QED) is 0.460. The Balaban J connectivity index is 0.00000121. The van der Waals surface area contributed by atoms with Crippen molar-refractivity contribution in [1.82, 2.24) is 0 Å². The van der Waals surface area contributed by atoms with Gasteiger partial charge in [0, 0.05) is 0 Å². The van der Waals surface area contributed by atoms with E-state index in [1.165, 1.54) is 22.3 Å². The molecular formula is C22H28Cl2SiTi. The molecule has 2 aromatic carbocycles. The zero-order valence-corrected chi connectivity index (χ0v) is 20.6. The van der Waals surface area contributed by atoms with Crippen molar-refractivity contribution < 1.29 is 14.0 Å². The van der Waals surface area contributed by atoms with E-state index in [-0.39, 0.29) is 24.8 Å². The van der Waals surface area contributed by atoms with Crippen molar-refractivity contribution in [2.24, 2.45) is 5.92 Å². The summed E-state index contributed by atoms with van der Waals surface area (Å²) in [6, 6.07) is 16.0. The molecule has 0 fully saturated rings. The van der Waals surface area contributed by atoms with Gasteiger partial charge in [-0.2, -0.15) is 0 Å². The molecule has 4 rings (SSSR count). The van der Waals surface area contributed by atoms with Gasteiger partial charge in [0.1, 0.15) is 0 Å². The molecule has 2 aliphatic rings. The Morgan fingerprint density at radius 2 is 1.62 bits per heavy atom. The third-order valence-corrected chi connectivity index (χ3v) is 16.7. The zero-order valence-electron chi connectivity index (χ0n) is 16.0. The normalized spacial score (nSPS) is 18.1. The van der Waals surface area contributed by atoms with Crippen molar-refractivity contribution in [3.8, 4) is 11.1 Å². The van der Waals surface area contributed by atoms with Crippen LogP contribution in [0.15, 0.2) is 64.1 Å². The molecule has 0 amide bonds. The molecule has 2 aliphatic carbocycles. The first-order chi connectivity index (χ1) is 11.3. The monoisotopic (exact) mass is 438 g/mol. The van der Waals surface area contributed by atoms with Crippen LogP contribution in [0.25, 0.3) is 11.1 Å². The minimum atomic E-state index is -2.94. The molecule has 0 aliphatic heterocycles. The fourth-order valence-corrected chi connectivity index (χ4v) is 16.9. The van der Waals surface area contributed by atoms with E-state index in [4.69, 9.17) is 0 Å². The van der Waals surface area contributed by atoms with E-state index < -0.39 is 14.0 Å². The topological polar surface area (TPSA) is 0 Å². The van der Waals surface area contributed by atoms with Gasteiger partial charge in [0.15, 0.2) is 0 Å². The second-order valence-corrected chi connectivity index (χ2v) is 27.4. The van der Waals surface area contributed by atoms with Gasteiger partial charge in [-0.05, 0) is 0 Å². The van der Waals surface area contributed by atoms with Crippen LogP contribution >= 0.6 is 24.8 Å². The molecule has 0 heterocycles. The van der Waals surface area contributed by atoms with Crippen molar-refractivity contribution in [2.45, 2.75) is 30.7 Å². The number of fused-ring (bicyclic) bond motifs is 3. The van der Waals surface area contributed by atoms with Gasteiger partial charge in [0.05, 0.1) is 0 Å². The molecule has 0 saturated carbocycles. The predicted octanol–water partition coefficient (Wildman–Crippen LogP) is 5.54. The standard InChI is InChI=1S/C13H9.C7H9.2CH3.2ClH.H2Si.Ti/c1-3-7-12-10(5-1)9-11-6-2-4-8-13(11)12;1-6-3-4-7(2)5-6;;;;;;/h1-5,7-8H,9H2;3-4,6H,1-2H3;2*1H3;2*1H;1H2;. The zero-order chi connectivity index (χ0) is 17.1. The van der Waals surface area contributed by atoms with E-state index in [1.807, 2.05) is 0 Å². The van der Waals surface area contributed by atoms with Gasteiger partial charge in [0.2, 0.25) is 0 Å². The maximum atomic E-state index is 2.62. The summed E-state index contributed by atoms with van der Waals surface area (Å²) in [5.74, 6) is 0.592. The average molecular weight is 439 g/mol. The molecule has 1 unspecified atom stereocenters. The summed E-state index contributed by atoms with van der Waals surface area (Å²) < 4.78 is 3.44. The van der Waals surface area contributed by atoms with Crippen LogP contribution in [-0.2, 0) is 20.5 Å². The molecule has 0 spiro atoms. The van der Waals surface area contributed by atoms with Crippen LogP contribution in [0.3, 0.4) is 0 Å². The van der Waals surface area contributed by atoms with Crippen LogP contribution in [0.2, 0.25) is 10.5 Å². The number of hydrogen-bond donors (Lipinski definition) is 0. The van der Waals surface area contributed by atoms with E-state index in [1.54, 1.807) is 13.3 Å². The minimum absolute atomic E-state index is 0. The first-order valence-electron chi connectivity index (χ1n) is 8.95. The Kier molecular flexibility index (Phi) is 5.94. The number of hydrogen-bond acceptors (Lipinski definition) is 0. The summed E-state index contributed by atoms with van der Waals surface area (Å²) in [4.78, 5) is 0. The largest absolute Gasteiger partial charge is 0.147 e. The molecule has 0 aromatic heterocycles. The number of halogens is 2. The van der Waals surface area contributed by atoms with Crippen molar-refractivity contribution in [2.75, 3.05) is 0 Å². The van der Waals surface area contributed by atoms with E-state index in [9.17, 15) is 0 Å². The first kappa shape index (κ1) is 21.7. The van der Waals surface area contributed by atoms with Crippen LogP contribution in [0.4, 0.5) is 0 Å². The Labute approximate surface area is 172 Å². The first-order valence-corrected chi connectivity index (χ1v) is 17.7. The minimum Gasteiger partial charge on any atom is -0.147 e. The Hall–Kier alpha value is -0.569. The summed E-state index contributed by atoms with van der Waals surface area (Å²) in [6.45, 7) is 4.70. The second-order valence-electron chi connectivity index (χ2n) is 8.60. The summed E-state index contributed by atoms with van der Waals surface area (Å²) in [7, 11) is 2.34. The Morgan fingerprint density at radius 1 is 0.962 bits per heavy atom. The van der Waals surface area contributed by atoms with Gasteiger partial charge >= 0.3 is 149 Å². The number of benzene rings is 2. The molecule has 26 heavy (non-hydrogen) atoms. The van der Waals surface area contributed by atoms with Crippen LogP contribution in [-0.4, -0.2) is 7.63 Å². The smallest absolute Gasteiger partial charge is 0.147 e. The molecule has 0 N–H and O–H groups in total. The number of rotatable bonds is 2. The third-order valence-electron chi connectivity index (χ3n) is 6.09. The van der Waals surface area contributed by atoms with Crippen molar-refractivity contribution in [3.63, 3.8) is 0 Å². The molecule has 1 atom stereocenters. The molecule has 0 radical (unpaired) electrons. The van der Waals surface area contributed by atoms with E-state index >= 15 is 0 Å². The van der Waals surface area contributed by atoms with Crippen molar-refractivity contribution >= 4 is 36.3 Å². The van der Waals surface area contributed by atoms with Crippen LogP contribution in [0.5, 0.6) is 0 Å². The molecule has 0 bridgehead atoms. The van der Waals surface area contributed by atoms with Gasteiger partial charge in [-0.1, -0.05) is 0 Å².